The van der Waals surface area contributed by atoms with Gasteiger partial charge in [-0.15, -0.1) is 0 Å². The lowest BCUT2D eigenvalue weighted by atomic mass is 10.1. The molecule has 0 atom stereocenters. The maximum Gasteiger partial charge on any atom is 0.339 e. The van der Waals surface area contributed by atoms with Crippen molar-refractivity contribution in [2.45, 2.75) is 4.90 Å². The Kier molecular flexibility index (Phi) is 4.79. The zero-order chi connectivity index (χ0) is 16.9. The molecule has 2 N–H and O–H groups in total. The van der Waals surface area contributed by atoms with Gasteiger partial charge in [-0.3, -0.25) is 4.79 Å². The number of nitriles is 1. The van der Waals surface area contributed by atoms with Gasteiger partial charge in [0.1, 0.15) is 22.3 Å². The van der Waals surface area contributed by atoms with Crippen LogP contribution in [0.2, 0.25) is 0 Å². The van der Waals surface area contributed by atoms with Crippen LogP contribution in [0.25, 0.3) is 6.08 Å². The Morgan fingerprint density at radius 2 is 1.70 bits per heavy atom. The van der Waals surface area contributed by atoms with Crippen LogP contribution < -0.4 is 9.92 Å². The Morgan fingerprint density at radius 3 is 2.22 bits per heavy atom. The highest BCUT2D eigenvalue weighted by molar-refractivity contribution is 7.87. The third kappa shape index (κ3) is 4.18. The van der Waals surface area contributed by atoms with Gasteiger partial charge in [0.2, 0.25) is 0 Å². The molecule has 0 aliphatic carbocycles. The quantitative estimate of drug-likeness (QED) is 0.511. The van der Waals surface area contributed by atoms with Crippen molar-refractivity contribution in [2.24, 2.45) is 5.73 Å². The number of rotatable bonds is 5. The second-order valence-electron chi connectivity index (χ2n) is 4.45. The Labute approximate surface area is 133 Å². The lowest BCUT2D eigenvalue weighted by molar-refractivity contribution is -0.114. The van der Waals surface area contributed by atoms with Crippen molar-refractivity contribution < 1.29 is 17.4 Å². The summed E-state index contributed by atoms with van der Waals surface area (Å²) in [5, 5.41) is 8.77. The number of nitrogens with two attached hydrogens (primary N) is 1. The largest absolute Gasteiger partial charge is 0.379 e. The van der Waals surface area contributed by atoms with Crippen LogP contribution in [-0.4, -0.2) is 14.3 Å². The molecular weight excluding hydrogens is 316 g/mol. The average Bonchev–Trinajstić information content (AvgIpc) is 2.54. The van der Waals surface area contributed by atoms with Crippen molar-refractivity contribution in [1.29, 1.82) is 5.26 Å². The number of benzene rings is 2. The summed E-state index contributed by atoms with van der Waals surface area (Å²) < 4.78 is 29.1. The van der Waals surface area contributed by atoms with Gasteiger partial charge in [0.25, 0.3) is 5.91 Å². The first kappa shape index (κ1) is 16.3. The smallest absolute Gasteiger partial charge is 0.339 e. The van der Waals surface area contributed by atoms with Crippen LogP contribution in [0, 0.1) is 11.3 Å². The molecule has 0 fully saturated rings. The van der Waals surface area contributed by atoms with Gasteiger partial charge in [0, 0.05) is 0 Å². The molecule has 7 heteroatoms. The summed E-state index contributed by atoms with van der Waals surface area (Å²) >= 11 is 0. The van der Waals surface area contributed by atoms with Crippen LogP contribution in [0.4, 0.5) is 0 Å². The molecule has 0 radical (unpaired) electrons. The van der Waals surface area contributed by atoms with Crippen LogP contribution in [0.3, 0.4) is 0 Å². The van der Waals surface area contributed by atoms with Gasteiger partial charge in [-0.1, -0.05) is 30.3 Å². The second kappa shape index (κ2) is 6.77. The van der Waals surface area contributed by atoms with E-state index in [0.29, 0.717) is 5.56 Å². The average molecular weight is 328 g/mol. The first-order valence-electron chi connectivity index (χ1n) is 6.43. The van der Waals surface area contributed by atoms with Crippen molar-refractivity contribution in [1.82, 2.24) is 0 Å². The molecule has 0 aromatic heterocycles. The predicted octanol–water partition coefficient (Wildman–Crippen LogP) is 1.85. The molecule has 2 aromatic rings. The van der Waals surface area contributed by atoms with Crippen molar-refractivity contribution in [3.05, 3.63) is 65.7 Å². The van der Waals surface area contributed by atoms with E-state index >= 15 is 0 Å². The molecule has 0 bridgehead atoms. The molecule has 0 aliphatic rings. The number of nitrogens with zero attached hydrogens (tertiary/aromatic N) is 1. The minimum absolute atomic E-state index is 0.0458. The third-order valence-corrected chi connectivity index (χ3v) is 4.08. The number of primary amides is 1. The van der Waals surface area contributed by atoms with Gasteiger partial charge >= 0.3 is 10.1 Å². The number of hydrogen-bond donors (Lipinski definition) is 1. The summed E-state index contributed by atoms with van der Waals surface area (Å²) in [5.41, 5.74) is 5.36. The molecule has 0 unspecified atom stereocenters. The lowest BCUT2D eigenvalue weighted by Gasteiger charge is -2.07. The lowest BCUT2D eigenvalue weighted by Crippen LogP contribution is -2.12. The normalized spacial score (nSPS) is 11.5. The van der Waals surface area contributed by atoms with Crippen LogP contribution in [0.15, 0.2) is 65.1 Å². The molecule has 2 aromatic carbocycles. The van der Waals surface area contributed by atoms with Gasteiger partial charge in [0.15, 0.2) is 0 Å². The van der Waals surface area contributed by atoms with Gasteiger partial charge in [0.05, 0.1) is 0 Å². The number of carbonyl (C=O) groups excluding carboxylic acids is 1. The van der Waals surface area contributed by atoms with E-state index in [2.05, 4.69) is 0 Å². The van der Waals surface area contributed by atoms with E-state index in [9.17, 15) is 13.2 Å². The number of amides is 1. The molecule has 6 nitrogen and oxygen atoms in total. The van der Waals surface area contributed by atoms with Crippen LogP contribution in [-0.2, 0) is 14.9 Å². The van der Waals surface area contributed by atoms with Gasteiger partial charge in [-0.05, 0) is 35.9 Å². The zero-order valence-corrected chi connectivity index (χ0v) is 12.7. The Morgan fingerprint density at radius 1 is 1.09 bits per heavy atom. The molecule has 0 spiro atoms. The van der Waals surface area contributed by atoms with E-state index in [0.717, 1.165) is 0 Å². The van der Waals surface area contributed by atoms with Crippen molar-refractivity contribution in [3.8, 4) is 11.8 Å². The molecule has 0 saturated heterocycles. The van der Waals surface area contributed by atoms with E-state index < -0.39 is 16.0 Å². The maximum absolute atomic E-state index is 12.1. The summed E-state index contributed by atoms with van der Waals surface area (Å²) in [6.45, 7) is 0. The summed E-state index contributed by atoms with van der Waals surface area (Å²) in [7, 11) is -3.91. The molecule has 116 valence electrons. The summed E-state index contributed by atoms with van der Waals surface area (Å²) in [5.74, 6) is -0.719. The predicted molar refractivity (Wildman–Crippen MR) is 83.5 cm³/mol. The topological polar surface area (TPSA) is 110 Å². The van der Waals surface area contributed by atoms with Crippen LogP contribution >= 0.6 is 0 Å². The first-order chi connectivity index (χ1) is 10.9. The minimum atomic E-state index is -3.91. The molecular formula is C16H12N2O4S. The number of carbonyl (C=O) groups is 1. The summed E-state index contributed by atoms with van der Waals surface area (Å²) in [4.78, 5) is 11.0. The Hall–Kier alpha value is -3.11. The van der Waals surface area contributed by atoms with E-state index in [1.807, 2.05) is 0 Å². The monoisotopic (exact) mass is 328 g/mol. The molecule has 2 rings (SSSR count). The minimum Gasteiger partial charge on any atom is -0.379 e. The molecule has 0 heterocycles. The zero-order valence-electron chi connectivity index (χ0n) is 11.8. The summed E-state index contributed by atoms with van der Waals surface area (Å²) in [6, 6.07) is 15.3. The van der Waals surface area contributed by atoms with Crippen molar-refractivity contribution >= 4 is 22.1 Å². The third-order valence-electron chi connectivity index (χ3n) is 2.81. The highest BCUT2D eigenvalue weighted by Gasteiger charge is 2.15. The molecule has 23 heavy (non-hydrogen) atoms. The van der Waals surface area contributed by atoms with E-state index in [-0.39, 0.29) is 16.2 Å². The fraction of sp³-hybridized carbons (Fsp3) is 0. The highest BCUT2D eigenvalue weighted by Crippen LogP contribution is 2.19. The number of hydrogen-bond acceptors (Lipinski definition) is 5. The Bertz CT molecular complexity index is 880. The SMILES string of the molecule is N#CC(=Cc1ccc(OS(=O)(=O)c2ccccc2)cc1)C(N)=O. The standard InChI is InChI=1S/C16H12N2O4S/c17-11-13(16(18)19)10-12-6-8-14(9-7-12)22-23(20,21)15-4-2-1-3-5-15/h1-10H,(H2,18,19). The maximum atomic E-state index is 12.1. The van der Waals surface area contributed by atoms with Gasteiger partial charge in [-0.2, -0.15) is 13.7 Å². The highest BCUT2D eigenvalue weighted by atomic mass is 32.2. The fourth-order valence-corrected chi connectivity index (χ4v) is 2.66. The van der Waals surface area contributed by atoms with E-state index in [1.54, 1.807) is 24.3 Å². The molecule has 1 amide bonds. The van der Waals surface area contributed by atoms with Gasteiger partial charge in [-0.25, -0.2) is 0 Å². The molecule has 0 saturated carbocycles. The second-order valence-corrected chi connectivity index (χ2v) is 6.00. The Balaban J connectivity index is 2.21. The van der Waals surface area contributed by atoms with Gasteiger partial charge < -0.3 is 9.92 Å². The summed E-state index contributed by atoms with van der Waals surface area (Å²) in [6.07, 6.45) is 1.30. The van der Waals surface area contributed by atoms with Crippen molar-refractivity contribution in [3.63, 3.8) is 0 Å². The van der Waals surface area contributed by atoms with Crippen LogP contribution in [0.5, 0.6) is 5.75 Å². The van der Waals surface area contributed by atoms with E-state index in [4.69, 9.17) is 15.2 Å². The van der Waals surface area contributed by atoms with Crippen molar-refractivity contribution in [2.75, 3.05) is 0 Å². The molecule has 0 aliphatic heterocycles. The van der Waals surface area contributed by atoms with E-state index in [1.165, 1.54) is 42.5 Å². The first-order valence-corrected chi connectivity index (χ1v) is 7.84. The van der Waals surface area contributed by atoms with Crippen LogP contribution in [0.1, 0.15) is 5.56 Å². The fourth-order valence-electron chi connectivity index (χ4n) is 1.71.